The van der Waals surface area contributed by atoms with Crippen molar-refractivity contribution in [2.45, 2.75) is 0 Å². The van der Waals surface area contributed by atoms with Crippen molar-refractivity contribution >= 4 is 24.3 Å². The van der Waals surface area contributed by atoms with E-state index in [1.54, 1.807) is 12.4 Å². The molecule has 0 aliphatic heterocycles. The molecule has 3 aromatic rings. The van der Waals surface area contributed by atoms with Crippen LogP contribution < -0.4 is 0 Å². The lowest BCUT2D eigenvalue weighted by atomic mass is 10.2. The van der Waals surface area contributed by atoms with E-state index in [4.69, 9.17) is 0 Å². The Bertz CT molecular complexity index is 689. The minimum absolute atomic E-state index is 0.848. The van der Waals surface area contributed by atoms with Gasteiger partial charge in [-0.05, 0) is 23.3 Å². The van der Waals surface area contributed by atoms with Crippen LogP contribution in [-0.2, 0) is 0 Å². The quantitative estimate of drug-likeness (QED) is 0.686. The van der Waals surface area contributed by atoms with Crippen molar-refractivity contribution in [1.82, 2.24) is 9.97 Å². The molecule has 0 radical (unpaired) electrons. The van der Waals surface area contributed by atoms with Gasteiger partial charge in [0.1, 0.15) is 0 Å². The molecule has 0 amide bonds. The third kappa shape index (κ3) is 4.00. The van der Waals surface area contributed by atoms with Crippen molar-refractivity contribution in [2.75, 3.05) is 0 Å². The Labute approximate surface area is 130 Å². The van der Waals surface area contributed by atoms with Crippen molar-refractivity contribution in [3.05, 3.63) is 95.6 Å². The molecule has 2 aromatic carbocycles. The second kappa shape index (κ2) is 7.14. The molecule has 22 heavy (non-hydrogen) atoms. The molecule has 1 aromatic heterocycles. The normalized spacial score (nSPS) is 11.3. The van der Waals surface area contributed by atoms with Crippen LogP contribution in [0.15, 0.2) is 73.1 Å². The fraction of sp³-hybridized carbons (Fsp3) is 0. The van der Waals surface area contributed by atoms with Crippen molar-refractivity contribution in [2.24, 2.45) is 0 Å². The number of benzene rings is 2. The predicted molar refractivity (Wildman–Crippen MR) is 92.8 cm³/mol. The number of rotatable bonds is 4. The summed E-state index contributed by atoms with van der Waals surface area (Å²) < 4.78 is 0. The fourth-order valence-electron chi connectivity index (χ4n) is 2.01. The smallest absolute Gasteiger partial charge is 0.0813 e. The van der Waals surface area contributed by atoms with Gasteiger partial charge in [0, 0.05) is 0 Å². The molecular weight excluding hydrogens is 268 g/mol. The molecule has 0 bridgehead atoms. The molecule has 0 aliphatic carbocycles. The first-order valence-corrected chi connectivity index (χ1v) is 7.18. The van der Waals surface area contributed by atoms with Gasteiger partial charge in [0.2, 0.25) is 0 Å². The molecule has 3 rings (SSSR count). The van der Waals surface area contributed by atoms with Gasteiger partial charge in [-0.25, -0.2) is 0 Å². The van der Waals surface area contributed by atoms with E-state index in [1.165, 1.54) is 0 Å². The maximum atomic E-state index is 4.41. The standard InChI is InChI=1S/C20H16N2/c1-3-7-17(8-4-1)11-13-19-15-22-20(16-21-19)14-12-18-9-5-2-6-10-18/h1-16H/b13-11+,14-12+. The molecular formula is C20H16N2. The van der Waals surface area contributed by atoms with E-state index in [9.17, 15) is 0 Å². The van der Waals surface area contributed by atoms with E-state index in [0.717, 1.165) is 22.5 Å². The largest absolute Gasteiger partial charge is 0.253 e. The van der Waals surface area contributed by atoms with Crippen LogP contribution >= 0.6 is 0 Å². The Balaban J connectivity index is 1.68. The third-order valence-corrected chi connectivity index (χ3v) is 3.18. The Morgan fingerprint density at radius 2 is 0.909 bits per heavy atom. The predicted octanol–water partition coefficient (Wildman–Crippen LogP) is 4.82. The van der Waals surface area contributed by atoms with Crippen LogP contribution in [0.3, 0.4) is 0 Å². The van der Waals surface area contributed by atoms with Crippen LogP contribution in [0, 0.1) is 0 Å². The molecule has 0 saturated carbocycles. The number of aromatic nitrogens is 2. The maximum Gasteiger partial charge on any atom is 0.0813 e. The average molecular weight is 284 g/mol. The van der Waals surface area contributed by atoms with Gasteiger partial charge in [-0.3, -0.25) is 9.97 Å². The van der Waals surface area contributed by atoms with Gasteiger partial charge in [0.15, 0.2) is 0 Å². The topological polar surface area (TPSA) is 25.8 Å². The summed E-state index contributed by atoms with van der Waals surface area (Å²) in [4.78, 5) is 8.81. The van der Waals surface area contributed by atoms with Gasteiger partial charge in [0.25, 0.3) is 0 Å². The summed E-state index contributed by atoms with van der Waals surface area (Å²) in [5, 5.41) is 0. The lowest BCUT2D eigenvalue weighted by Gasteiger charge is -1.96. The summed E-state index contributed by atoms with van der Waals surface area (Å²) in [6.07, 6.45) is 11.6. The van der Waals surface area contributed by atoms with Crippen LogP contribution in [0.2, 0.25) is 0 Å². The highest BCUT2D eigenvalue weighted by Gasteiger charge is 1.92. The van der Waals surface area contributed by atoms with Gasteiger partial charge in [-0.15, -0.1) is 0 Å². The van der Waals surface area contributed by atoms with E-state index >= 15 is 0 Å². The highest BCUT2D eigenvalue weighted by molar-refractivity contribution is 5.69. The highest BCUT2D eigenvalue weighted by Crippen LogP contribution is 2.08. The summed E-state index contributed by atoms with van der Waals surface area (Å²) in [5.74, 6) is 0. The van der Waals surface area contributed by atoms with Gasteiger partial charge in [-0.1, -0.05) is 72.8 Å². The summed E-state index contributed by atoms with van der Waals surface area (Å²) >= 11 is 0. The van der Waals surface area contributed by atoms with Crippen molar-refractivity contribution < 1.29 is 0 Å². The lowest BCUT2D eigenvalue weighted by Crippen LogP contribution is -1.86. The summed E-state index contributed by atoms with van der Waals surface area (Å²) in [6.45, 7) is 0. The van der Waals surface area contributed by atoms with Gasteiger partial charge in [-0.2, -0.15) is 0 Å². The molecule has 0 N–H and O–H groups in total. The Morgan fingerprint density at radius 3 is 1.27 bits per heavy atom. The second-order valence-electron chi connectivity index (χ2n) is 4.85. The molecule has 2 nitrogen and oxygen atoms in total. The third-order valence-electron chi connectivity index (χ3n) is 3.18. The molecule has 0 aliphatic rings. The zero-order valence-corrected chi connectivity index (χ0v) is 12.1. The molecule has 0 spiro atoms. The van der Waals surface area contributed by atoms with Crippen LogP contribution in [-0.4, -0.2) is 9.97 Å². The first-order valence-electron chi connectivity index (χ1n) is 7.18. The van der Waals surface area contributed by atoms with E-state index in [2.05, 4.69) is 34.2 Å². The molecule has 2 heteroatoms. The lowest BCUT2D eigenvalue weighted by molar-refractivity contribution is 1.16. The van der Waals surface area contributed by atoms with Gasteiger partial charge in [0.05, 0.1) is 23.8 Å². The maximum absolute atomic E-state index is 4.41. The number of hydrogen-bond acceptors (Lipinski definition) is 2. The highest BCUT2D eigenvalue weighted by atomic mass is 14.8. The van der Waals surface area contributed by atoms with Crippen LogP contribution in [0.5, 0.6) is 0 Å². The van der Waals surface area contributed by atoms with Crippen LogP contribution in [0.4, 0.5) is 0 Å². The van der Waals surface area contributed by atoms with E-state index < -0.39 is 0 Å². The van der Waals surface area contributed by atoms with E-state index in [0.29, 0.717) is 0 Å². The van der Waals surface area contributed by atoms with E-state index in [-0.39, 0.29) is 0 Å². The second-order valence-corrected chi connectivity index (χ2v) is 4.85. The molecule has 0 unspecified atom stereocenters. The SMILES string of the molecule is C(=C\c1cnc(/C=C/c2ccccc2)cn1)/c1ccccc1. The molecule has 1 heterocycles. The molecule has 0 fully saturated rings. The Morgan fingerprint density at radius 1 is 0.500 bits per heavy atom. The van der Waals surface area contributed by atoms with Crippen molar-refractivity contribution in [3.63, 3.8) is 0 Å². The zero-order chi connectivity index (χ0) is 15.0. The average Bonchev–Trinajstić information content (AvgIpc) is 2.61. The summed E-state index contributed by atoms with van der Waals surface area (Å²) in [5.41, 5.74) is 4.00. The monoisotopic (exact) mass is 284 g/mol. The van der Waals surface area contributed by atoms with Gasteiger partial charge < -0.3 is 0 Å². The first kappa shape index (κ1) is 14.0. The van der Waals surface area contributed by atoms with Crippen LogP contribution in [0.25, 0.3) is 24.3 Å². The van der Waals surface area contributed by atoms with Crippen molar-refractivity contribution in [1.29, 1.82) is 0 Å². The van der Waals surface area contributed by atoms with E-state index in [1.807, 2.05) is 60.7 Å². The van der Waals surface area contributed by atoms with Gasteiger partial charge >= 0.3 is 0 Å². The molecule has 106 valence electrons. The Kier molecular flexibility index (Phi) is 4.53. The minimum atomic E-state index is 0.848. The first-order chi connectivity index (χ1) is 10.9. The fourth-order valence-corrected chi connectivity index (χ4v) is 2.01. The minimum Gasteiger partial charge on any atom is -0.253 e. The van der Waals surface area contributed by atoms with Crippen molar-refractivity contribution in [3.8, 4) is 0 Å². The van der Waals surface area contributed by atoms with Crippen LogP contribution in [0.1, 0.15) is 22.5 Å². The Hall–Kier alpha value is -3.00. The number of hydrogen-bond donors (Lipinski definition) is 0. The molecule has 0 atom stereocenters. The summed E-state index contributed by atoms with van der Waals surface area (Å²) in [7, 11) is 0. The summed E-state index contributed by atoms with van der Waals surface area (Å²) in [6, 6.07) is 20.3. The zero-order valence-electron chi connectivity index (χ0n) is 12.1. The number of nitrogens with zero attached hydrogens (tertiary/aromatic N) is 2. The molecule has 0 saturated heterocycles.